The minimum Gasteiger partial charge on any atom is -0.489 e. The van der Waals surface area contributed by atoms with E-state index in [2.05, 4.69) is 16.0 Å². The van der Waals surface area contributed by atoms with E-state index in [1.54, 1.807) is 0 Å². The molecule has 0 heterocycles. The van der Waals surface area contributed by atoms with E-state index in [-0.39, 0.29) is 18.4 Å². The van der Waals surface area contributed by atoms with Crippen molar-refractivity contribution in [2.75, 3.05) is 13.1 Å². The van der Waals surface area contributed by atoms with Crippen molar-refractivity contribution in [3.8, 4) is 5.75 Å². The van der Waals surface area contributed by atoms with Crippen molar-refractivity contribution in [1.29, 1.82) is 0 Å². The standard InChI is InChI=1S/C21H27N3O3/c1-2-12-22-20(25)11-13-23-21(26)24-15-17-7-6-8-18(14-17)16-27-19-9-4-3-5-10-19/h3-10,14H,2,11-13,15-16H2,1H3,(H,22,25)(H2,23,24,26). The first-order valence-electron chi connectivity index (χ1n) is 9.21. The molecule has 0 saturated heterocycles. The van der Waals surface area contributed by atoms with Crippen LogP contribution in [-0.4, -0.2) is 25.0 Å². The topological polar surface area (TPSA) is 79.5 Å². The number of para-hydroxylation sites is 1. The fraction of sp³-hybridized carbons (Fsp3) is 0.333. The third kappa shape index (κ3) is 8.27. The first-order valence-corrected chi connectivity index (χ1v) is 9.21. The Labute approximate surface area is 160 Å². The highest BCUT2D eigenvalue weighted by atomic mass is 16.5. The van der Waals surface area contributed by atoms with Crippen LogP contribution in [0.2, 0.25) is 0 Å². The predicted molar refractivity (Wildman–Crippen MR) is 105 cm³/mol. The first-order chi connectivity index (χ1) is 13.2. The Morgan fingerprint density at radius 3 is 2.44 bits per heavy atom. The van der Waals surface area contributed by atoms with Crippen molar-refractivity contribution in [3.05, 3.63) is 65.7 Å². The van der Waals surface area contributed by atoms with E-state index in [0.717, 1.165) is 23.3 Å². The monoisotopic (exact) mass is 369 g/mol. The van der Waals surface area contributed by atoms with E-state index in [9.17, 15) is 9.59 Å². The van der Waals surface area contributed by atoms with Gasteiger partial charge in [0.05, 0.1) is 0 Å². The molecule has 2 aromatic carbocycles. The first kappa shape index (κ1) is 20.3. The van der Waals surface area contributed by atoms with Crippen molar-refractivity contribution >= 4 is 11.9 Å². The van der Waals surface area contributed by atoms with Crippen LogP contribution in [0.1, 0.15) is 30.9 Å². The zero-order chi connectivity index (χ0) is 19.3. The number of ether oxygens (including phenoxy) is 1. The molecule has 3 N–H and O–H groups in total. The summed E-state index contributed by atoms with van der Waals surface area (Å²) in [5.74, 6) is 0.770. The molecule has 2 aromatic rings. The number of hydrogen-bond donors (Lipinski definition) is 3. The summed E-state index contributed by atoms with van der Waals surface area (Å²) in [6.45, 7) is 3.85. The number of carbonyl (C=O) groups is 2. The second-order valence-corrected chi connectivity index (χ2v) is 6.13. The molecule has 0 radical (unpaired) electrons. The Kier molecular flexibility index (Phi) is 8.69. The summed E-state index contributed by atoms with van der Waals surface area (Å²) in [4.78, 5) is 23.3. The number of amides is 3. The smallest absolute Gasteiger partial charge is 0.315 e. The van der Waals surface area contributed by atoms with Gasteiger partial charge in [0.2, 0.25) is 5.91 Å². The molecule has 6 heteroatoms. The Morgan fingerprint density at radius 2 is 1.67 bits per heavy atom. The average molecular weight is 369 g/mol. The van der Waals surface area contributed by atoms with Gasteiger partial charge in [0.25, 0.3) is 0 Å². The summed E-state index contributed by atoms with van der Waals surface area (Å²) in [6, 6.07) is 17.2. The Bertz CT molecular complexity index is 720. The van der Waals surface area contributed by atoms with Gasteiger partial charge in [-0.25, -0.2) is 4.79 Å². The molecule has 0 saturated carbocycles. The number of nitrogens with one attached hydrogen (secondary N) is 3. The molecule has 0 atom stereocenters. The van der Waals surface area contributed by atoms with E-state index in [0.29, 0.717) is 26.2 Å². The van der Waals surface area contributed by atoms with Gasteiger partial charge in [0.15, 0.2) is 0 Å². The predicted octanol–water partition coefficient (Wildman–Crippen LogP) is 2.98. The Balaban J connectivity index is 1.69. The Hall–Kier alpha value is -3.02. The van der Waals surface area contributed by atoms with Crippen LogP contribution < -0.4 is 20.7 Å². The van der Waals surface area contributed by atoms with Gasteiger partial charge in [-0.05, 0) is 29.7 Å². The number of urea groups is 1. The third-order valence-corrected chi connectivity index (χ3v) is 3.80. The molecule has 0 aromatic heterocycles. The van der Waals surface area contributed by atoms with Gasteiger partial charge < -0.3 is 20.7 Å². The van der Waals surface area contributed by atoms with Gasteiger partial charge in [-0.2, -0.15) is 0 Å². The van der Waals surface area contributed by atoms with Crippen LogP contribution in [0, 0.1) is 0 Å². The van der Waals surface area contributed by atoms with Gasteiger partial charge in [-0.15, -0.1) is 0 Å². The normalized spacial score (nSPS) is 10.1. The SMILES string of the molecule is CCCNC(=O)CCNC(=O)NCc1cccc(COc2ccccc2)c1. The lowest BCUT2D eigenvalue weighted by Crippen LogP contribution is -2.37. The lowest BCUT2D eigenvalue weighted by atomic mass is 10.1. The third-order valence-electron chi connectivity index (χ3n) is 3.80. The molecule has 3 amide bonds. The van der Waals surface area contributed by atoms with Crippen molar-refractivity contribution in [2.45, 2.75) is 32.9 Å². The second kappa shape index (κ2) is 11.6. The second-order valence-electron chi connectivity index (χ2n) is 6.13. The number of benzene rings is 2. The lowest BCUT2D eigenvalue weighted by molar-refractivity contribution is -0.120. The molecular formula is C21H27N3O3. The summed E-state index contributed by atoms with van der Waals surface area (Å²) >= 11 is 0. The number of hydrogen-bond acceptors (Lipinski definition) is 3. The summed E-state index contributed by atoms with van der Waals surface area (Å²) in [5, 5.41) is 8.25. The quantitative estimate of drug-likeness (QED) is 0.602. The molecule has 0 bridgehead atoms. The van der Waals surface area contributed by atoms with Crippen LogP contribution >= 0.6 is 0 Å². The Morgan fingerprint density at radius 1 is 0.889 bits per heavy atom. The van der Waals surface area contributed by atoms with Crippen molar-refractivity contribution in [3.63, 3.8) is 0 Å². The molecule has 144 valence electrons. The maximum atomic E-state index is 11.8. The maximum absolute atomic E-state index is 11.8. The minimum absolute atomic E-state index is 0.0525. The summed E-state index contributed by atoms with van der Waals surface area (Å²) < 4.78 is 5.74. The van der Waals surface area contributed by atoms with Crippen LogP contribution in [-0.2, 0) is 17.9 Å². The molecule has 0 fully saturated rings. The fourth-order valence-electron chi connectivity index (χ4n) is 2.40. The van der Waals surface area contributed by atoms with Crippen molar-refractivity contribution in [1.82, 2.24) is 16.0 Å². The molecule has 6 nitrogen and oxygen atoms in total. The van der Waals surface area contributed by atoms with E-state index in [1.165, 1.54) is 0 Å². The highest BCUT2D eigenvalue weighted by molar-refractivity contribution is 5.78. The van der Waals surface area contributed by atoms with Crippen LogP contribution in [0.25, 0.3) is 0 Å². The highest BCUT2D eigenvalue weighted by Crippen LogP contribution is 2.12. The molecule has 2 rings (SSSR count). The highest BCUT2D eigenvalue weighted by Gasteiger charge is 2.04. The van der Waals surface area contributed by atoms with Gasteiger partial charge >= 0.3 is 6.03 Å². The van der Waals surface area contributed by atoms with E-state index in [4.69, 9.17) is 4.74 Å². The molecule has 0 aliphatic rings. The number of carbonyl (C=O) groups excluding carboxylic acids is 2. The van der Waals surface area contributed by atoms with Crippen molar-refractivity contribution in [2.24, 2.45) is 0 Å². The van der Waals surface area contributed by atoms with E-state index < -0.39 is 0 Å². The van der Waals surface area contributed by atoms with Crippen LogP contribution in [0.4, 0.5) is 4.79 Å². The van der Waals surface area contributed by atoms with Gasteiger partial charge in [-0.1, -0.05) is 49.4 Å². The van der Waals surface area contributed by atoms with E-state index >= 15 is 0 Å². The largest absolute Gasteiger partial charge is 0.489 e. The van der Waals surface area contributed by atoms with Crippen LogP contribution in [0.5, 0.6) is 5.75 Å². The van der Waals surface area contributed by atoms with Crippen LogP contribution in [0.3, 0.4) is 0 Å². The molecule has 27 heavy (non-hydrogen) atoms. The van der Waals surface area contributed by atoms with Crippen LogP contribution in [0.15, 0.2) is 54.6 Å². The minimum atomic E-state index is -0.288. The molecule has 0 spiro atoms. The zero-order valence-electron chi connectivity index (χ0n) is 15.7. The molecular weight excluding hydrogens is 342 g/mol. The van der Waals surface area contributed by atoms with Gasteiger partial charge in [0, 0.05) is 26.1 Å². The molecule has 0 aliphatic heterocycles. The number of rotatable bonds is 10. The molecule has 0 aliphatic carbocycles. The zero-order valence-corrected chi connectivity index (χ0v) is 15.7. The average Bonchev–Trinajstić information content (AvgIpc) is 2.70. The maximum Gasteiger partial charge on any atom is 0.315 e. The van der Waals surface area contributed by atoms with Gasteiger partial charge in [-0.3, -0.25) is 4.79 Å². The fourth-order valence-corrected chi connectivity index (χ4v) is 2.40. The van der Waals surface area contributed by atoms with Crippen molar-refractivity contribution < 1.29 is 14.3 Å². The summed E-state index contributed by atoms with van der Waals surface area (Å²) in [6.07, 6.45) is 1.18. The lowest BCUT2D eigenvalue weighted by Gasteiger charge is -2.10. The molecule has 0 unspecified atom stereocenters. The summed E-state index contributed by atoms with van der Waals surface area (Å²) in [7, 11) is 0. The summed E-state index contributed by atoms with van der Waals surface area (Å²) in [5.41, 5.74) is 2.02. The van der Waals surface area contributed by atoms with E-state index in [1.807, 2.05) is 61.5 Å². The van der Waals surface area contributed by atoms with Gasteiger partial charge in [0.1, 0.15) is 12.4 Å².